The number of rotatable bonds is 20. The molecule has 0 heterocycles. The van der Waals surface area contributed by atoms with Gasteiger partial charge in [0.2, 0.25) is 11.8 Å². The van der Waals surface area contributed by atoms with E-state index < -0.39 is 36.0 Å². The van der Waals surface area contributed by atoms with Gasteiger partial charge >= 0.3 is 5.97 Å². The molecule has 0 spiro atoms. The lowest BCUT2D eigenvalue weighted by Crippen LogP contribution is -2.54. The van der Waals surface area contributed by atoms with Crippen molar-refractivity contribution in [3.63, 3.8) is 0 Å². The van der Waals surface area contributed by atoms with Gasteiger partial charge in [-0.1, -0.05) is 69.2 Å². The van der Waals surface area contributed by atoms with Gasteiger partial charge in [0.1, 0.15) is 11.8 Å². The first-order valence-corrected chi connectivity index (χ1v) is 15.1. The fourth-order valence-corrected chi connectivity index (χ4v) is 4.77. The van der Waals surface area contributed by atoms with E-state index in [1.54, 1.807) is 13.2 Å². The topological polar surface area (TPSA) is 140 Å². The minimum atomic E-state index is -1.04. The van der Waals surface area contributed by atoms with Gasteiger partial charge < -0.3 is 35.3 Å². The standard InChI is InChI=1S/C33H49N3O7/c1-5-11-26(12-6-2)43-23-29(35-31(38)17-18-32(39)42-4)33(40)36(21-25-15-10-16-27(19-25)41-3)22-30(37)28(34)20-24-13-8-7-9-14-24/h7-10,13-16,19,26,28-30,37H,5-6,11-12,17-18,20-23,34H2,1-4H3,(H,35,38)/t28-,29?,30+/m0/s1. The fourth-order valence-electron chi connectivity index (χ4n) is 4.77. The molecule has 10 heteroatoms. The molecule has 43 heavy (non-hydrogen) atoms. The summed E-state index contributed by atoms with van der Waals surface area (Å²) < 4.78 is 16.2. The number of hydrogen-bond acceptors (Lipinski definition) is 8. The van der Waals surface area contributed by atoms with Crippen LogP contribution in [0, 0.1) is 0 Å². The van der Waals surface area contributed by atoms with Gasteiger partial charge in [-0.3, -0.25) is 14.4 Å². The molecule has 2 rings (SSSR count). The Hall–Kier alpha value is -3.47. The van der Waals surface area contributed by atoms with E-state index >= 15 is 0 Å². The highest BCUT2D eigenvalue weighted by atomic mass is 16.5. The van der Waals surface area contributed by atoms with E-state index in [9.17, 15) is 19.5 Å². The Balaban J connectivity index is 2.32. The van der Waals surface area contributed by atoms with Crippen molar-refractivity contribution in [3.05, 3.63) is 65.7 Å². The average Bonchev–Trinajstić information content (AvgIpc) is 3.01. The number of methoxy groups -OCH3 is 2. The summed E-state index contributed by atoms with van der Waals surface area (Å²) in [6.07, 6.45) is 2.56. The monoisotopic (exact) mass is 599 g/mol. The molecule has 0 aliphatic rings. The van der Waals surface area contributed by atoms with E-state index in [1.165, 1.54) is 12.0 Å². The van der Waals surface area contributed by atoms with Crippen LogP contribution in [0.25, 0.3) is 0 Å². The van der Waals surface area contributed by atoms with Crippen molar-refractivity contribution >= 4 is 17.8 Å². The van der Waals surface area contributed by atoms with Crippen molar-refractivity contribution in [1.82, 2.24) is 10.2 Å². The maximum atomic E-state index is 14.1. The first-order chi connectivity index (χ1) is 20.7. The number of carbonyl (C=O) groups excluding carboxylic acids is 3. The van der Waals surface area contributed by atoms with Crippen molar-refractivity contribution in [2.45, 2.75) is 89.6 Å². The van der Waals surface area contributed by atoms with Crippen LogP contribution in [0.4, 0.5) is 0 Å². The summed E-state index contributed by atoms with van der Waals surface area (Å²) in [5.41, 5.74) is 8.15. The summed E-state index contributed by atoms with van der Waals surface area (Å²) >= 11 is 0. The molecule has 0 radical (unpaired) electrons. The Morgan fingerprint density at radius 3 is 2.26 bits per heavy atom. The van der Waals surface area contributed by atoms with Gasteiger partial charge in [-0.2, -0.15) is 0 Å². The van der Waals surface area contributed by atoms with Crippen molar-refractivity contribution in [1.29, 1.82) is 0 Å². The zero-order chi connectivity index (χ0) is 31.6. The molecule has 0 aliphatic carbocycles. The fraction of sp³-hybridized carbons (Fsp3) is 0.545. The number of ether oxygens (including phenoxy) is 3. The average molecular weight is 600 g/mol. The number of amides is 2. The first kappa shape index (κ1) is 35.7. The zero-order valence-corrected chi connectivity index (χ0v) is 26.0. The minimum Gasteiger partial charge on any atom is -0.497 e. The molecule has 0 saturated heterocycles. The van der Waals surface area contributed by atoms with Gasteiger partial charge in [0.05, 0.1) is 39.5 Å². The van der Waals surface area contributed by atoms with Gasteiger partial charge in [-0.15, -0.1) is 0 Å². The number of nitrogens with two attached hydrogens (primary N) is 1. The van der Waals surface area contributed by atoms with Gasteiger partial charge in [0, 0.05) is 25.6 Å². The van der Waals surface area contributed by atoms with E-state index in [2.05, 4.69) is 23.9 Å². The molecule has 0 bridgehead atoms. The van der Waals surface area contributed by atoms with E-state index in [0.29, 0.717) is 12.2 Å². The number of aliphatic hydroxyl groups excluding tert-OH is 1. The van der Waals surface area contributed by atoms with Crippen molar-refractivity contribution in [2.75, 3.05) is 27.4 Å². The van der Waals surface area contributed by atoms with Crippen LogP contribution in [-0.2, 0) is 36.8 Å². The molecule has 2 amide bonds. The molecular weight excluding hydrogens is 550 g/mol. The number of benzene rings is 2. The SMILES string of the molecule is CCCC(CCC)OCC(NC(=O)CCC(=O)OC)C(=O)N(Cc1cccc(OC)c1)C[C@@H](O)[C@@H](N)Cc1ccccc1. The molecule has 0 saturated carbocycles. The van der Waals surface area contributed by atoms with Crippen molar-refractivity contribution < 1.29 is 33.7 Å². The molecule has 238 valence electrons. The van der Waals surface area contributed by atoms with Crippen molar-refractivity contribution in [2.24, 2.45) is 5.73 Å². The molecule has 4 N–H and O–H groups in total. The third kappa shape index (κ3) is 13.1. The maximum absolute atomic E-state index is 14.1. The van der Waals surface area contributed by atoms with Crippen LogP contribution in [0.15, 0.2) is 54.6 Å². The molecule has 2 aromatic carbocycles. The largest absolute Gasteiger partial charge is 0.497 e. The van der Waals surface area contributed by atoms with E-state index in [-0.39, 0.29) is 38.6 Å². The van der Waals surface area contributed by atoms with Gasteiger partial charge in [-0.25, -0.2) is 0 Å². The molecule has 0 aromatic heterocycles. The second-order valence-corrected chi connectivity index (χ2v) is 10.7. The molecule has 2 aromatic rings. The number of esters is 1. The highest BCUT2D eigenvalue weighted by Gasteiger charge is 2.30. The zero-order valence-electron chi connectivity index (χ0n) is 26.0. The van der Waals surface area contributed by atoms with E-state index in [0.717, 1.165) is 36.8 Å². The quantitative estimate of drug-likeness (QED) is 0.197. The second kappa shape index (κ2) is 19.7. The molecule has 0 fully saturated rings. The Kier molecular flexibility index (Phi) is 16.3. The van der Waals surface area contributed by atoms with Crippen LogP contribution in [-0.4, -0.2) is 79.5 Å². The van der Waals surface area contributed by atoms with E-state index in [1.807, 2.05) is 48.5 Å². The van der Waals surface area contributed by atoms with Crippen LogP contribution in [0.1, 0.15) is 63.5 Å². The normalized spacial score (nSPS) is 13.2. The smallest absolute Gasteiger partial charge is 0.306 e. The number of carbonyl (C=O) groups is 3. The molecular formula is C33H49N3O7. The van der Waals surface area contributed by atoms with E-state index in [4.69, 9.17) is 15.2 Å². The van der Waals surface area contributed by atoms with Crippen LogP contribution in [0.5, 0.6) is 5.75 Å². The number of hydrogen-bond donors (Lipinski definition) is 3. The number of aliphatic hydroxyl groups is 1. The van der Waals surface area contributed by atoms with Crippen LogP contribution >= 0.6 is 0 Å². The number of nitrogens with one attached hydrogen (secondary N) is 1. The van der Waals surface area contributed by atoms with Gasteiger partial charge in [-0.05, 0) is 42.5 Å². The van der Waals surface area contributed by atoms with Crippen LogP contribution in [0.2, 0.25) is 0 Å². The summed E-state index contributed by atoms with van der Waals surface area (Å²) in [6.45, 7) is 4.17. The lowest BCUT2D eigenvalue weighted by molar-refractivity contribution is -0.143. The molecule has 1 unspecified atom stereocenters. The Bertz CT molecular complexity index is 1110. The minimum absolute atomic E-state index is 0.0474. The Morgan fingerprint density at radius 2 is 1.63 bits per heavy atom. The van der Waals surface area contributed by atoms with Gasteiger partial charge in [0.15, 0.2) is 0 Å². The van der Waals surface area contributed by atoms with Gasteiger partial charge in [0.25, 0.3) is 0 Å². The molecule has 3 atom stereocenters. The van der Waals surface area contributed by atoms with Crippen molar-refractivity contribution in [3.8, 4) is 5.75 Å². The second-order valence-electron chi connectivity index (χ2n) is 10.7. The number of nitrogens with zero attached hydrogens (tertiary/aromatic N) is 1. The summed E-state index contributed by atoms with van der Waals surface area (Å²) in [6, 6.07) is 15.2. The lowest BCUT2D eigenvalue weighted by Gasteiger charge is -2.32. The first-order valence-electron chi connectivity index (χ1n) is 15.1. The van der Waals surface area contributed by atoms with Crippen LogP contribution in [0.3, 0.4) is 0 Å². The molecule has 0 aliphatic heterocycles. The predicted molar refractivity (Wildman–Crippen MR) is 165 cm³/mol. The predicted octanol–water partition coefficient (Wildman–Crippen LogP) is 3.38. The summed E-state index contributed by atoms with van der Waals surface area (Å²) in [5.74, 6) is -0.788. The highest BCUT2D eigenvalue weighted by molar-refractivity contribution is 5.89. The summed E-state index contributed by atoms with van der Waals surface area (Å²) in [4.78, 5) is 40.1. The van der Waals surface area contributed by atoms with Crippen LogP contribution < -0.4 is 15.8 Å². The Labute approximate surface area is 255 Å². The lowest BCUT2D eigenvalue weighted by atomic mass is 10.0. The summed E-state index contributed by atoms with van der Waals surface area (Å²) in [7, 11) is 2.82. The molecule has 10 nitrogen and oxygen atoms in total. The summed E-state index contributed by atoms with van der Waals surface area (Å²) in [5, 5.41) is 13.9. The third-order valence-corrected chi connectivity index (χ3v) is 7.17. The third-order valence-electron chi connectivity index (χ3n) is 7.17. The Morgan fingerprint density at radius 1 is 0.953 bits per heavy atom. The maximum Gasteiger partial charge on any atom is 0.306 e. The highest BCUT2D eigenvalue weighted by Crippen LogP contribution is 2.17.